The number of benzene rings is 1. The maximum absolute atomic E-state index is 9.79. The summed E-state index contributed by atoms with van der Waals surface area (Å²) in [5.74, 6) is 0.0215. The predicted molar refractivity (Wildman–Crippen MR) is 71.0 cm³/mol. The predicted octanol–water partition coefficient (Wildman–Crippen LogP) is 4.05. The van der Waals surface area contributed by atoms with E-state index in [1.807, 2.05) is 36.6 Å². The highest BCUT2D eigenvalue weighted by atomic mass is 32.1. The fourth-order valence-corrected chi connectivity index (χ4v) is 2.31. The molecule has 2 aromatic heterocycles. The number of nitrogens with zero attached hydrogens (tertiary/aromatic N) is 3. The topological polar surface area (TPSA) is 73.6 Å². The van der Waals surface area contributed by atoms with Crippen molar-refractivity contribution in [3.63, 3.8) is 0 Å². The lowest BCUT2D eigenvalue weighted by Crippen LogP contribution is -1.66. The normalized spacial score (nSPS) is 11.6. The number of hydrogen-bond acceptors (Lipinski definition) is 5. The molecule has 1 aromatic carbocycles. The van der Waals surface area contributed by atoms with Crippen molar-refractivity contribution < 1.29 is 5.11 Å². The van der Waals surface area contributed by atoms with Gasteiger partial charge in [0.15, 0.2) is 5.69 Å². The van der Waals surface area contributed by atoms with Crippen LogP contribution in [0.1, 0.15) is 5.69 Å². The van der Waals surface area contributed by atoms with Crippen LogP contribution in [0.4, 0.5) is 10.8 Å². The van der Waals surface area contributed by atoms with E-state index >= 15 is 0 Å². The molecule has 3 aromatic rings. The Kier molecular flexibility index (Phi) is 2.56. The number of aromatic hydroxyl groups is 1. The molecule has 5 nitrogen and oxygen atoms in total. The SMILES string of the molecule is Cc1csc(N=Nc2c(O)[nH]c3ccccc23)n1. The van der Waals surface area contributed by atoms with Crippen molar-refractivity contribution in [3.8, 4) is 5.88 Å². The maximum atomic E-state index is 9.79. The molecule has 0 saturated carbocycles. The van der Waals surface area contributed by atoms with Gasteiger partial charge in [-0.3, -0.25) is 0 Å². The van der Waals surface area contributed by atoms with E-state index < -0.39 is 0 Å². The first-order valence-electron chi connectivity index (χ1n) is 5.37. The fourth-order valence-electron chi connectivity index (χ4n) is 1.69. The summed E-state index contributed by atoms with van der Waals surface area (Å²) in [7, 11) is 0. The fraction of sp³-hybridized carbons (Fsp3) is 0.0833. The molecular formula is C12H10N4OS. The second-order valence-corrected chi connectivity index (χ2v) is 4.68. The van der Waals surface area contributed by atoms with Crippen LogP contribution in [0.25, 0.3) is 10.9 Å². The number of azo groups is 1. The molecule has 0 fully saturated rings. The summed E-state index contributed by atoms with van der Waals surface area (Å²) in [4.78, 5) is 7.04. The molecule has 0 radical (unpaired) electrons. The van der Waals surface area contributed by atoms with Gasteiger partial charge in [-0.1, -0.05) is 18.2 Å². The quantitative estimate of drug-likeness (QED) is 0.680. The minimum absolute atomic E-state index is 0.0215. The number of fused-ring (bicyclic) bond motifs is 1. The number of para-hydroxylation sites is 1. The zero-order chi connectivity index (χ0) is 12.5. The zero-order valence-corrected chi connectivity index (χ0v) is 10.4. The number of aromatic amines is 1. The minimum atomic E-state index is 0.0215. The van der Waals surface area contributed by atoms with Crippen molar-refractivity contribution in [2.75, 3.05) is 0 Å². The molecule has 90 valence electrons. The Labute approximate surface area is 107 Å². The van der Waals surface area contributed by atoms with Gasteiger partial charge in [-0.2, -0.15) is 0 Å². The number of rotatable bonds is 2. The largest absolute Gasteiger partial charge is 0.493 e. The first kappa shape index (κ1) is 10.9. The Balaban J connectivity index is 2.04. The van der Waals surface area contributed by atoms with Crippen LogP contribution in [0, 0.1) is 6.92 Å². The summed E-state index contributed by atoms with van der Waals surface area (Å²) < 4.78 is 0. The zero-order valence-electron chi connectivity index (χ0n) is 9.58. The van der Waals surface area contributed by atoms with E-state index in [0.29, 0.717) is 10.8 Å². The van der Waals surface area contributed by atoms with Crippen LogP contribution in [0.3, 0.4) is 0 Å². The second kappa shape index (κ2) is 4.23. The molecule has 0 aliphatic heterocycles. The van der Waals surface area contributed by atoms with Gasteiger partial charge in [0.25, 0.3) is 0 Å². The lowest BCUT2D eigenvalue weighted by molar-refractivity contribution is 0.459. The average molecular weight is 258 g/mol. The molecule has 2 N–H and O–H groups in total. The number of nitrogens with one attached hydrogen (secondary N) is 1. The van der Waals surface area contributed by atoms with Crippen LogP contribution in [0.15, 0.2) is 39.9 Å². The van der Waals surface area contributed by atoms with Gasteiger partial charge in [-0.25, -0.2) is 4.98 Å². The van der Waals surface area contributed by atoms with E-state index in [2.05, 4.69) is 20.2 Å². The third-order valence-electron chi connectivity index (χ3n) is 2.50. The summed E-state index contributed by atoms with van der Waals surface area (Å²) >= 11 is 1.42. The minimum Gasteiger partial charge on any atom is -0.493 e. The Morgan fingerprint density at radius 2 is 2.11 bits per heavy atom. The van der Waals surface area contributed by atoms with Gasteiger partial charge in [-0.05, 0) is 13.0 Å². The van der Waals surface area contributed by atoms with E-state index in [0.717, 1.165) is 16.6 Å². The van der Waals surface area contributed by atoms with Crippen molar-refractivity contribution in [1.82, 2.24) is 9.97 Å². The smallest absolute Gasteiger partial charge is 0.230 e. The Morgan fingerprint density at radius 3 is 2.89 bits per heavy atom. The van der Waals surface area contributed by atoms with Gasteiger partial charge in [0.05, 0.1) is 11.2 Å². The third kappa shape index (κ3) is 1.86. The van der Waals surface area contributed by atoms with E-state index in [1.54, 1.807) is 0 Å². The molecule has 3 rings (SSSR count). The summed E-state index contributed by atoms with van der Waals surface area (Å²) in [5.41, 5.74) is 2.19. The Morgan fingerprint density at radius 1 is 1.28 bits per heavy atom. The van der Waals surface area contributed by atoms with Gasteiger partial charge in [-0.15, -0.1) is 21.6 Å². The highest BCUT2D eigenvalue weighted by Crippen LogP contribution is 2.36. The van der Waals surface area contributed by atoms with Crippen LogP contribution < -0.4 is 0 Å². The van der Waals surface area contributed by atoms with E-state index in [1.165, 1.54) is 11.3 Å². The van der Waals surface area contributed by atoms with Gasteiger partial charge in [0.1, 0.15) is 0 Å². The maximum Gasteiger partial charge on any atom is 0.230 e. The molecule has 0 bridgehead atoms. The molecule has 0 saturated heterocycles. The molecule has 0 amide bonds. The summed E-state index contributed by atoms with van der Waals surface area (Å²) in [6.07, 6.45) is 0. The highest BCUT2D eigenvalue weighted by Gasteiger charge is 2.09. The number of aryl methyl sites for hydroxylation is 1. The van der Waals surface area contributed by atoms with Crippen LogP contribution in [0.5, 0.6) is 5.88 Å². The van der Waals surface area contributed by atoms with Gasteiger partial charge in [0, 0.05) is 10.8 Å². The van der Waals surface area contributed by atoms with Crippen LogP contribution in [-0.2, 0) is 0 Å². The second-order valence-electron chi connectivity index (χ2n) is 3.84. The van der Waals surface area contributed by atoms with Crippen molar-refractivity contribution in [3.05, 3.63) is 35.3 Å². The number of aromatic nitrogens is 2. The molecule has 2 heterocycles. The number of thiazole rings is 1. The molecule has 0 spiro atoms. The number of hydrogen-bond donors (Lipinski definition) is 2. The molecular weight excluding hydrogens is 248 g/mol. The van der Waals surface area contributed by atoms with Crippen molar-refractivity contribution in [1.29, 1.82) is 0 Å². The molecule has 0 atom stereocenters. The van der Waals surface area contributed by atoms with Crippen molar-refractivity contribution in [2.24, 2.45) is 10.2 Å². The summed E-state index contributed by atoms with van der Waals surface area (Å²) in [6.45, 7) is 1.90. The first-order valence-corrected chi connectivity index (χ1v) is 6.25. The lowest BCUT2D eigenvalue weighted by atomic mass is 10.2. The van der Waals surface area contributed by atoms with Crippen LogP contribution in [-0.4, -0.2) is 15.1 Å². The standard InChI is InChI=1S/C12H10N4OS/c1-7-6-18-12(13-7)16-15-10-8-4-2-3-5-9(8)14-11(10)17/h2-6,14,17H,1H3. The summed E-state index contributed by atoms with van der Waals surface area (Å²) in [6, 6.07) is 7.54. The molecule has 18 heavy (non-hydrogen) atoms. The summed E-state index contributed by atoms with van der Waals surface area (Å²) in [5, 5.41) is 21.2. The highest BCUT2D eigenvalue weighted by molar-refractivity contribution is 7.13. The first-order chi connectivity index (χ1) is 8.74. The van der Waals surface area contributed by atoms with Crippen LogP contribution >= 0.6 is 11.3 Å². The molecule has 0 unspecified atom stereocenters. The van der Waals surface area contributed by atoms with E-state index in [-0.39, 0.29) is 5.88 Å². The average Bonchev–Trinajstić information content (AvgIpc) is 2.90. The molecule has 0 aliphatic carbocycles. The monoisotopic (exact) mass is 258 g/mol. The third-order valence-corrected chi connectivity index (χ3v) is 3.34. The molecule has 0 aliphatic rings. The number of H-pyrrole nitrogens is 1. The van der Waals surface area contributed by atoms with Crippen molar-refractivity contribution >= 4 is 33.1 Å². The van der Waals surface area contributed by atoms with Crippen LogP contribution in [0.2, 0.25) is 0 Å². The Hall–Kier alpha value is -2.21. The molecule has 6 heteroatoms. The van der Waals surface area contributed by atoms with Gasteiger partial charge >= 0.3 is 0 Å². The van der Waals surface area contributed by atoms with Gasteiger partial charge in [0.2, 0.25) is 11.0 Å². The van der Waals surface area contributed by atoms with Crippen molar-refractivity contribution in [2.45, 2.75) is 6.92 Å². The van der Waals surface area contributed by atoms with E-state index in [4.69, 9.17) is 0 Å². The van der Waals surface area contributed by atoms with E-state index in [9.17, 15) is 5.11 Å². The lowest BCUT2D eigenvalue weighted by Gasteiger charge is -1.89. The Bertz CT molecular complexity index is 729. The van der Waals surface area contributed by atoms with Gasteiger partial charge < -0.3 is 10.1 Å².